The van der Waals surface area contributed by atoms with Gasteiger partial charge < -0.3 is 162 Å². The van der Waals surface area contributed by atoms with Crippen molar-refractivity contribution in [3.05, 3.63) is 243 Å². The third-order valence-corrected chi connectivity index (χ3v) is 20.2. The Labute approximate surface area is 836 Å². The lowest BCUT2D eigenvalue weighted by atomic mass is 9.92. The Morgan fingerprint density at radius 2 is 0.597 bits per heavy atom. The lowest BCUT2D eigenvalue weighted by molar-refractivity contribution is -0.140. The summed E-state index contributed by atoms with van der Waals surface area (Å²) in [5.74, 6) is -13.0. The minimum atomic E-state index is -1.29. The van der Waals surface area contributed by atoms with Crippen molar-refractivity contribution in [1.29, 1.82) is 0 Å². The number of carbonyl (C=O) groups is 15. The molecule has 50 nitrogen and oxygen atoms in total. The molecule has 1 aliphatic rings. The molecule has 8 rings (SSSR count). The number of aliphatic carboxylic acids is 5. The van der Waals surface area contributed by atoms with Gasteiger partial charge in [0.1, 0.15) is 0 Å². The average molecular weight is 2090 g/mol. The van der Waals surface area contributed by atoms with E-state index in [4.69, 9.17) is 94.5 Å². The second-order valence-electron chi connectivity index (χ2n) is 31.4. The largest absolute Gasteiger partial charge is 0.481 e. The zero-order valence-corrected chi connectivity index (χ0v) is 79.7. The number of aliphatic hydroxyl groups excluding tert-OH is 5. The van der Waals surface area contributed by atoms with E-state index in [0.717, 1.165) is 10.5 Å². The molecule has 10 amide bonds. The molecular weight excluding hydrogens is 1970 g/mol. The molecule has 10 unspecified atom stereocenters. The minimum Gasteiger partial charge on any atom is -0.481 e. The molecular formula is C92H115BrClN25O25. The lowest BCUT2D eigenvalue weighted by Crippen LogP contribution is -2.50. The number of allylic oxidation sites excluding steroid dienone is 2. The second-order valence-corrected chi connectivity index (χ2v) is 32.7. The van der Waals surface area contributed by atoms with E-state index in [1.165, 1.54) is 84.9 Å². The maximum Gasteiger partial charge on any atom is 0.305 e. The maximum atomic E-state index is 12.3. The molecule has 772 valence electrons. The Balaban J connectivity index is 0.000000376. The number of rotatable bonds is 45. The van der Waals surface area contributed by atoms with Crippen LogP contribution in [0.1, 0.15) is 134 Å². The number of nitrogens with one attached hydrogen (secondary N) is 10. The van der Waals surface area contributed by atoms with Crippen molar-refractivity contribution >= 4 is 175 Å². The summed E-state index contributed by atoms with van der Waals surface area (Å²) in [4.78, 5) is 196. The first-order chi connectivity index (χ1) is 67.9. The zero-order chi connectivity index (χ0) is 108. The third kappa shape index (κ3) is 46.6. The van der Waals surface area contributed by atoms with E-state index in [9.17, 15) is 97.5 Å². The van der Waals surface area contributed by atoms with E-state index in [2.05, 4.69) is 101 Å². The Morgan fingerprint density at radius 1 is 0.361 bits per heavy atom. The van der Waals surface area contributed by atoms with Crippen LogP contribution in [-0.2, 0) is 47.9 Å². The lowest BCUT2D eigenvalue weighted by Gasteiger charge is -2.27. The normalized spacial score (nSPS) is 13.0. The molecule has 144 heavy (non-hydrogen) atoms. The Kier molecular flexibility index (Phi) is 50.9. The van der Waals surface area contributed by atoms with E-state index in [1.807, 2.05) is 12.2 Å². The Hall–Kier alpha value is -17.0. The summed E-state index contributed by atoms with van der Waals surface area (Å²) in [5.41, 5.74) is 56.9. The van der Waals surface area contributed by atoms with Gasteiger partial charge in [-0.3, -0.25) is 71.9 Å². The number of nitrogens with two attached hydrogens (primary N) is 10. The van der Waals surface area contributed by atoms with Crippen molar-refractivity contribution < 1.29 is 123 Å². The number of benzene rings is 7. The van der Waals surface area contributed by atoms with Gasteiger partial charge in [0.25, 0.3) is 29.5 Å². The van der Waals surface area contributed by atoms with Crippen LogP contribution in [0.5, 0.6) is 0 Å². The molecule has 7 aromatic rings. The number of nitrogens with zero attached hydrogens (tertiary/aromatic N) is 5. The van der Waals surface area contributed by atoms with Crippen LogP contribution in [0.2, 0.25) is 5.02 Å². The van der Waals surface area contributed by atoms with Crippen molar-refractivity contribution in [1.82, 2.24) is 53.2 Å². The van der Waals surface area contributed by atoms with Gasteiger partial charge in [-0.15, -0.1) is 6.58 Å². The molecule has 10 atom stereocenters. The first kappa shape index (κ1) is 119. The van der Waals surface area contributed by atoms with Crippen molar-refractivity contribution in [3.8, 4) is 0 Å². The predicted molar refractivity (Wildman–Crippen MR) is 533 cm³/mol. The molecule has 0 heterocycles. The molecule has 0 spiro atoms. The molecule has 52 heteroatoms. The van der Waals surface area contributed by atoms with Crippen molar-refractivity contribution in [2.24, 2.45) is 94.1 Å². The first-order valence-electron chi connectivity index (χ1n) is 43.0. The molecule has 1 aliphatic carbocycles. The molecule has 0 aromatic heterocycles. The zero-order valence-electron chi connectivity index (χ0n) is 77.4. The Bertz CT molecular complexity index is 5650. The highest BCUT2D eigenvalue weighted by Crippen LogP contribution is 2.28. The highest BCUT2D eigenvalue weighted by atomic mass is 79.9. The van der Waals surface area contributed by atoms with E-state index in [1.54, 1.807) is 98.8 Å². The van der Waals surface area contributed by atoms with Crippen LogP contribution in [-0.4, -0.2) is 251 Å². The average Bonchev–Trinajstić information content (AvgIpc) is 0.988. The summed E-state index contributed by atoms with van der Waals surface area (Å²) in [6.07, 6.45) is -2.00. The number of hydrogen-bond acceptors (Lipinski definition) is 25. The molecule has 40 N–H and O–H groups in total. The Morgan fingerprint density at radius 3 is 0.854 bits per heavy atom. The SMILES string of the molecule is C=CC(O)C(CC(=O)O)NC(=O)CNC(=O)c1cccc(N=C(N)N)c1.CC(C)C(O)C(CC(=O)O)NC(=O)CNC(=O)c1cccc(N=C(N)N)c1.NC(N)=Nc1cccc(C(=O)NCC(=O)NC(CC(=O)O)C(O)C2CC=CC2)c1.NC(N)=Nc1cccc(C(=O)NCC(=O)NC(CC(=O)O)C(O)c2ccc(Br)cc2)c1.NC(N)=Nc1cccc(C(=O)NCC(=O)NC(CC(=O)O)C(O)c2ccc(Cl)cc2)c1. The number of carbonyl (C=O) groups excluding carboxylic acids is 10. The number of guanidine groups is 5. The van der Waals surface area contributed by atoms with Crippen LogP contribution >= 0.6 is 27.5 Å². The van der Waals surface area contributed by atoms with E-state index >= 15 is 0 Å². The first-order valence-corrected chi connectivity index (χ1v) is 44.2. The number of halogens is 2. The number of aliphatic hydroxyl groups is 5. The number of hydrogen-bond donors (Lipinski definition) is 30. The topological polar surface area (TPSA) is 901 Å². The summed E-state index contributed by atoms with van der Waals surface area (Å²) in [6, 6.07) is 38.3. The van der Waals surface area contributed by atoms with E-state index in [0.29, 0.717) is 57.4 Å². The van der Waals surface area contributed by atoms with Crippen LogP contribution in [0.3, 0.4) is 0 Å². The molecule has 0 aliphatic heterocycles. The quantitative estimate of drug-likeness (QED) is 0.0126. The number of carboxylic acid groups (broad SMARTS) is 5. The van der Waals surface area contributed by atoms with Crippen LogP contribution < -0.4 is 111 Å². The van der Waals surface area contributed by atoms with Crippen LogP contribution in [0, 0.1) is 11.8 Å². The van der Waals surface area contributed by atoms with Gasteiger partial charge in [0, 0.05) is 37.3 Å². The van der Waals surface area contributed by atoms with Gasteiger partial charge in [0.15, 0.2) is 29.8 Å². The van der Waals surface area contributed by atoms with Crippen molar-refractivity contribution in [2.45, 2.75) is 120 Å². The molecule has 0 radical (unpaired) electrons. The smallest absolute Gasteiger partial charge is 0.305 e. The van der Waals surface area contributed by atoms with Gasteiger partial charge in [0.05, 0.1) is 154 Å². The van der Waals surface area contributed by atoms with Crippen LogP contribution in [0.15, 0.2) is 224 Å². The maximum absolute atomic E-state index is 12.3. The van der Waals surface area contributed by atoms with E-state index < -0.39 is 201 Å². The number of aliphatic imine (C=N–C) groups is 5. The fraction of sp³-hybridized carbons (Fsp3) is 0.283. The molecule has 0 saturated heterocycles. The fourth-order valence-electron chi connectivity index (χ4n) is 12.8. The second kappa shape index (κ2) is 61.4. The summed E-state index contributed by atoms with van der Waals surface area (Å²) in [7, 11) is 0. The summed E-state index contributed by atoms with van der Waals surface area (Å²) >= 11 is 9.09. The highest BCUT2D eigenvalue weighted by Gasteiger charge is 2.34. The summed E-state index contributed by atoms with van der Waals surface area (Å²) in [6.45, 7) is 4.73. The molecule has 0 bridgehead atoms. The number of carboxylic acids is 5. The van der Waals surface area contributed by atoms with Gasteiger partial charge in [-0.25, -0.2) is 25.0 Å². The molecule has 7 aromatic carbocycles. The van der Waals surface area contributed by atoms with Crippen molar-refractivity contribution in [2.75, 3.05) is 32.7 Å². The van der Waals surface area contributed by atoms with Gasteiger partial charge in [-0.2, -0.15) is 0 Å². The summed E-state index contributed by atoms with van der Waals surface area (Å²) in [5, 5.41) is 121. The monoisotopic (exact) mass is 2080 g/mol. The van der Waals surface area contributed by atoms with Crippen LogP contribution in [0.4, 0.5) is 28.4 Å². The molecule has 0 saturated carbocycles. The molecule has 0 fully saturated rings. The third-order valence-electron chi connectivity index (χ3n) is 19.5. The van der Waals surface area contributed by atoms with Gasteiger partial charge in [-0.1, -0.05) is 114 Å². The minimum absolute atomic E-state index is 0.146. The van der Waals surface area contributed by atoms with Crippen LogP contribution in [0.25, 0.3) is 0 Å². The van der Waals surface area contributed by atoms with E-state index in [-0.39, 0.29) is 82.5 Å². The van der Waals surface area contributed by atoms with Gasteiger partial charge in [-0.05, 0) is 151 Å². The standard InChI is InChI=1S/C20H22BrN5O5.C20H22ClN5O5.C19H25N5O5.C17H25N5O5.C16H21N5O5/c2*21-13-6-4-11(5-7-13)18(30)15(9-17(28)29)26-16(27)10-24-19(31)12-2-1-3-14(8-12)25-20(22)23;20-19(21)23-13-7-3-6-12(8-13)18(29)22-10-15(25)24-14(9-16(26)27)17(28)11-4-1-2-5-11;1-9(2)15(26)12(7-14(24)25)22-13(23)8-20-16(27)10-4-3-5-11(6-10)21-17(18)19;1-2-12(22)11(7-14(24)25)21-13(23)8-19-15(26)9-4-3-5-10(6-9)20-16(17)18/h2*1-8,15,18,30H,9-10H2,(H,24,31)(H,26,27)(H,28,29)(H4,22,23,25);1-3,6-8,11,14,17,28H,4-5,9-10H2,(H,22,29)(H,24,25)(H,26,27)(H4,20,21,23);3-6,9,12,15,26H,7-8H2,1-2H3,(H,20,27)(H,22,23)(H,24,25)(H4,18,19,21);2-6,11-12,22H,1,7-8H2,(H,19,26)(H,21,23)(H,24,25)(H4,17,18,20). The van der Waals surface area contributed by atoms with Gasteiger partial charge >= 0.3 is 29.8 Å². The summed E-state index contributed by atoms with van der Waals surface area (Å²) < 4.78 is 0.786. The van der Waals surface area contributed by atoms with Crippen molar-refractivity contribution in [3.63, 3.8) is 0 Å². The highest BCUT2D eigenvalue weighted by molar-refractivity contribution is 9.10. The number of amides is 10. The van der Waals surface area contributed by atoms with Gasteiger partial charge in [0.2, 0.25) is 29.5 Å². The predicted octanol–water partition coefficient (Wildman–Crippen LogP) is -0.822. The fourth-order valence-corrected chi connectivity index (χ4v) is 13.2.